The van der Waals surface area contributed by atoms with Crippen LogP contribution in [-0.2, 0) is 4.79 Å². The van der Waals surface area contributed by atoms with Crippen LogP contribution in [0.3, 0.4) is 0 Å². The summed E-state index contributed by atoms with van der Waals surface area (Å²) < 4.78 is 0. The molecule has 3 N–H and O–H groups in total. The van der Waals surface area contributed by atoms with Gasteiger partial charge >= 0.3 is 5.97 Å². The van der Waals surface area contributed by atoms with Crippen LogP contribution in [0.1, 0.15) is 64.7 Å². The van der Waals surface area contributed by atoms with Gasteiger partial charge in [0.05, 0.1) is 12.2 Å². The van der Waals surface area contributed by atoms with Crippen LogP contribution in [0.5, 0.6) is 0 Å². The number of aliphatic carboxylic acids is 1. The van der Waals surface area contributed by atoms with E-state index in [1.807, 2.05) is 18.2 Å². The van der Waals surface area contributed by atoms with Crippen LogP contribution in [0.25, 0.3) is 0 Å². The van der Waals surface area contributed by atoms with Gasteiger partial charge in [0.2, 0.25) is 0 Å². The number of aliphatic hydroxyl groups is 2. The number of unbranched alkanes of at least 4 members (excludes halogenated alkanes) is 3. The van der Waals surface area contributed by atoms with E-state index in [0.717, 1.165) is 44.1 Å². The average molecular weight is 350 g/mol. The first-order chi connectivity index (χ1) is 12.0. The smallest absolute Gasteiger partial charge is 0.303 e. The molecule has 25 heavy (non-hydrogen) atoms. The molecule has 4 nitrogen and oxygen atoms in total. The highest BCUT2D eigenvalue weighted by molar-refractivity contribution is 5.66. The van der Waals surface area contributed by atoms with Crippen molar-refractivity contribution in [1.29, 1.82) is 0 Å². The fourth-order valence-corrected chi connectivity index (χ4v) is 3.37. The lowest BCUT2D eigenvalue weighted by Crippen LogP contribution is -2.17. The molecule has 0 aliphatic heterocycles. The van der Waals surface area contributed by atoms with Crippen LogP contribution >= 0.6 is 0 Å². The Bertz CT molecular complexity index is 467. The van der Waals surface area contributed by atoms with Crippen molar-refractivity contribution in [2.24, 2.45) is 11.8 Å². The van der Waals surface area contributed by atoms with Gasteiger partial charge in [0.25, 0.3) is 0 Å². The largest absolute Gasteiger partial charge is 0.481 e. The Labute approximate surface area is 152 Å². The third-order valence-corrected chi connectivity index (χ3v) is 4.88. The standard InChI is InChI=1S/C21H34O4/c1-3-4-7-10-17(22)13-14-19-18(16(2)15-20(19)23)11-8-5-6-9-12-21(24)25/h5,8,13-14,17-20,22-23H,2-4,6-7,9-12,15H2,1H3,(H,24,25)/b8-5-,14-13+/t17-,18-,19?,20+/m0/s1. The number of carbonyl (C=O) groups is 1. The van der Waals surface area contributed by atoms with E-state index in [2.05, 4.69) is 19.6 Å². The molecule has 1 rings (SSSR count). The van der Waals surface area contributed by atoms with Crippen molar-refractivity contribution in [3.63, 3.8) is 0 Å². The normalized spacial score (nSPS) is 25.2. The molecule has 1 saturated carbocycles. The molecule has 0 bridgehead atoms. The maximum Gasteiger partial charge on any atom is 0.303 e. The number of aliphatic hydroxyl groups excluding tert-OH is 2. The molecule has 0 aromatic rings. The number of allylic oxidation sites excluding steroid dienone is 2. The molecule has 142 valence electrons. The Morgan fingerprint density at radius 1 is 1.32 bits per heavy atom. The minimum atomic E-state index is -0.761. The van der Waals surface area contributed by atoms with Gasteiger partial charge in [-0.2, -0.15) is 0 Å². The highest BCUT2D eigenvalue weighted by atomic mass is 16.4. The third-order valence-electron chi connectivity index (χ3n) is 4.88. The van der Waals surface area contributed by atoms with Crippen LogP contribution in [0.2, 0.25) is 0 Å². The quantitative estimate of drug-likeness (QED) is 0.363. The second kappa shape index (κ2) is 12.0. The molecule has 1 aliphatic carbocycles. The molecule has 4 heteroatoms. The molecule has 0 aromatic carbocycles. The Hall–Kier alpha value is -1.39. The minimum Gasteiger partial charge on any atom is -0.481 e. The van der Waals surface area contributed by atoms with Gasteiger partial charge in [-0.25, -0.2) is 0 Å². The molecule has 1 unspecified atom stereocenters. The van der Waals surface area contributed by atoms with E-state index >= 15 is 0 Å². The summed E-state index contributed by atoms with van der Waals surface area (Å²) >= 11 is 0. The van der Waals surface area contributed by atoms with Gasteiger partial charge in [-0.3, -0.25) is 4.79 Å². The molecule has 4 atom stereocenters. The van der Waals surface area contributed by atoms with Gasteiger partial charge in [0, 0.05) is 12.3 Å². The predicted molar refractivity (Wildman–Crippen MR) is 101 cm³/mol. The number of hydrogen-bond donors (Lipinski definition) is 3. The second-order valence-electron chi connectivity index (χ2n) is 7.05. The van der Waals surface area contributed by atoms with Crippen molar-refractivity contribution >= 4 is 5.97 Å². The summed E-state index contributed by atoms with van der Waals surface area (Å²) in [6.45, 7) is 6.24. The Morgan fingerprint density at radius 3 is 2.76 bits per heavy atom. The van der Waals surface area contributed by atoms with Crippen LogP contribution in [-0.4, -0.2) is 33.5 Å². The summed E-state index contributed by atoms with van der Waals surface area (Å²) in [5, 5.41) is 28.9. The molecule has 1 fully saturated rings. The summed E-state index contributed by atoms with van der Waals surface area (Å²) in [6, 6.07) is 0. The summed E-state index contributed by atoms with van der Waals surface area (Å²) in [4.78, 5) is 10.5. The van der Waals surface area contributed by atoms with Gasteiger partial charge in [0.1, 0.15) is 0 Å². The van der Waals surface area contributed by atoms with E-state index < -0.39 is 18.2 Å². The zero-order valence-corrected chi connectivity index (χ0v) is 15.4. The number of carboxylic acid groups (broad SMARTS) is 1. The van der Waals surface area contributed by atoms with E-state index in [-0.39, 0.29) is 18.3 Å². The first-order valence-corrected chi connectivity index (χ1v) is 9.54. The molecule has 0 radical (unpaired) electrons. The molecule has 0 aromatic heterocycles. The maximum atomic E-state index is 10.5. The van der Waals surface area contributed by atoms with Gasteiger partial charge in [-0.05, 0) is 38.0 Å². The SMILES string of the molecule is C=C1C[C@@H](O)C(/C=C/[C@@H](O)CCCCC)[C@H]1C/C=C\CCCC(=O)O. The molecule has 1 aliphatic rings. The van der Waals surface area contributed by atoms with Crippen LogP contribution < -0.4 is 0 Å². The summed E-state index contributed by atoms with van der Waals surface area (Å²) in [6.07, 6.45) is 14.0. The topological polar surface area (TPSA) is 77.8 Å². The lowest BCUT2D eigenvalue weighted by Gasteiger charge is -2.18. The molecule has 0 heterocycles. The molecular formula is C21H34O4. The number of rotatable bonds is 12. The van der Waals surface area contributed by atoms with Crippen LogP contribution in [0.15, 0.2) is 36.5 Å². The van der Waals surface area contributed by atoms with Gasteiger partial charge in [0.15, 0.2) is 0 Å². The zero-order chi connectivity index (χ0) is 18.7. The third kappa shape index (κ3) is 8.50. The first kappa shape index (κ1) is 21.7. The molecule has 0 saturated heterocycles. The van der Waals surface area contributed by atoms with E-state index in [1.165, 1.54) is 0 Å². The number of hydrogen-bond acceptors (Lipinski definition) is 3. The van der Waals surface area contributed by atoms with Gasteiger partial charge < -0.3 is 15.3 Å². The molecular weight excluding hydrogens is 316 g/mol. The van der Waals surface area contributed by atoms with Crippen molar-refractivity contribution in [1.82, 2.24) is 0 Å². The summed E-state index contributed by atoms with van der Waals surface area (Å²) in [5.74, 6) is -0.579. The summed E-state index contributed by atoms with van der Waals surface area (Å²) in [5.41, 5.74) is 1.05. The second-order valence-corrected chi connectivity index (χ2v) is 7.05. The van der Waals surface area contributed by atoms with Crippen molar-refractivity contribution in [3.8, 4) is 0 Å². The van der Waals surface area contributed by atoms with E-state index in [9.17, 15) is 15.0 Å². The fraction of sp³-hybridized carbons (Fsp3) is 0.667. The van der Waals surface area contributed by atoms with E-state index in [0.29, 0.717) is 12.8 Å². The maximum absolute atomic E-state index is 10.5. The number of carboxylic acids is 1. The fourth-order valence-electron chi connectivity index (χ4n) is 3.37. The van der Waals surface area contributed by atoms with E-state index in [4.69, 9.17) is 5.11 Å². The lowest BCUT2D eigenvalue weighted by atomic mass is 9.89. The Morgan fingerprint density at radius 2 is 2.08 bits per heavy atom. The highest BCUT2D eigenvalue weighted by Crippen LogP contribution is 2.39. The monoisotopic (exact) mass is 350 g/mol. The molecule has 0 amide bonds. The van der Waals surface area contributed by atoms with E-state index in [1.54, 1.807) is 0 Å². The van der Waals surface area contributed by atoms with Gasteiger partial charge in [-0.1, -0.05) is 62.6 Å². The Balaban J connectivity index is 2.48. The van der Waals surface area contributed by atoms with Crippen molar-refractivity contribution in [2.45, 2.75) is 76.9 Å². The Kier molecular flexibility index (Phi) is 10.4. The molecule has 0 spiro atoms. The first-order valence-electron chi connectivity index (χ1n) is 9.54. The lowest BCUT2D eigenvalue weighted by molar-refractivity contribution is -0.137. The summed E-state index contributed by atoms with van der Waals surface area (Å²) in [7, 11) is 0. The average Bonchev–Trinajstić information content (AvgIpc) is 2.82. The highest BCUT2D eigenvalue weighted by Gasteiger charge is 2.35. The van der Waals surface area contributed by atoms with Crippen molar-refractivity contribution in [3.05, 3.63) is 36.5 Å². The van der Waals surface area contributed by atoms with Crippen molar-refractivity contribution < 1.29 is 20.1 Å². The predicted octanol–water partition coefficient (Wildman–Crippen LogP) is 4.24. The van der Waals surface area contributed by atoms with Crippen LogP contribution in [0.4, 0.5) is 0 Å². The zero-order valence-electron chi connectivity index (χ0n) is 15.4. The minimum absolute atomic E-state index is 0.00278. The van der Waals surface area contributed by atoms with Gasteiger partial charge in [-0.15, -0.1) is 0 Å². The van der Waals surface area contributed by atoms with Crippen molar-refractivity contribution in [2.75, 3.05) is 0 Å². The van der Waals surface area contributed by atoms with Crippen LogP contribution in [0, 0.1) is 11.8 Å².